The molecule has 3 heteroatoms. The van der Waals surface area contributed by atoms with Crippen LogP contribution in [-0.2, 0) is 4.74 Å². The molecule has 0 bridgehead atoms. The van der Waals surface area contributed by atoms with E-state index in [1.807, 2.05) is 12.1 Å². The van der Waals surface area contributed by atoms with Crippen LogP contribution >= 0.6 is 0 Å². The molecule has 0 saturated carbocycles. The number of nitriles is 1. The lowest BCUT2D eigenvalue weighted by Crippen LogP contribution is -1.77. The second-order valence-electron chi connectivity index (χ2n) is 2.87. The zero-order chi connectivity index (χ0) is 9.97. The monoisotopic (exact) mass is 186 g/mol. The normalized spacial score (nSPS) is 10.3. The molecule has 0 amide bonds. The Morgan fingerprint density at radius 2 is 2.29 bits per heavy atom. The molecule has 2 aromatic rings. The predicted molar refractivity (Wildman–Crippen MR) is 51.3 cm³/mol. The van der Waals surface area contributed by atoms with E-state index < -0.39 is 0 Å². The highest BCUT2D eigenvalue weighted by Gasteiger charge is 2.04. The van der Waals surface area contributed by atoms with Gasteiger partial charge in [-0.15, -0.1) is 0 Å². The molecule has 2 rings (SSSR count). The highest BCUT2D eigenvalue weighted by molar-refractivity contribution is 5.79. The van der Waals surface area contributed by atoms with Gasteiger partial charge in [0.05, 0.1) is 11.6 Å². The topological polar surface area (TPSA) is 46.2 Å². The average Bonchev–Trinajstić information content (AvgIpc) is 2.59. The highest BCUT2D eigenvalue weighted by Crippen LogP contribution is 2.21. The van der Waals surface area contributed by atoms with E-state index in [0.29, 0.717) is 16.9 Å². The van der Waals surface area contributed by atoms with Gasteiger partial charge in [0.2, 0.25) is 0 Å². The number of hydrogen-bond acceptors (Lipinski definition) is 3. The Balaban J connectivity index is 2.50. The van der Waals surface area contributed by atoms with Crippen LogP contribution in [0.3, 0.4) is 0 Å². The lowest BCUT2D eigenvalue weighted by atomic mass is 10.2. The largest absolute Gasteiger partial charge is 0.458 e. The van der Waals surface area contributed by atoms with Crippen LogP contribution in [0.15, 0.2) is 28.7 Å². The molecule has 0 saturated heterocycles. The third-order valence-corrected chi connectivity index (χ3v) is 1.90. The van der Waals surface area contributed by atoms with Crippen molar-refractivity contribution in [3.63, 3.8) is 0 Å². The number of ether oxygens (including phenoxy) is 1. The van der Waals surface area contributed by atoms with Gasteiger partial charge in [0.1, 0.15) is 18.0 Å². The SMILES string of the molecule is CO[CH]c1cc2ccc(C#N)cc2o1. The first-order chi connectivity index (χ1) is 6.83. The minimum atomic E-state index is 0.593. The fraction of sp³-hybridized carbons (Fsp3) is 0.0909. The van der Waals surface area contributed by atoms with Gasteiger partial charge in [0, 0.05) is 12.5 Å². The van der Waals surface area contributed by atoms with Gasteiger partial charge in [0.25, 0.3) is 0 Å². The molecule has 3 nitrogen and oxygen atoms in total. The molecule has 0 unspecified atom stereocenters. The number of nitrogens with zero attached hydrogens (tertiary/aromatic N) is 1. The van der Waals surface area contributed by atoms with E-state index in [-0.39, 0.29) is 0 Å². The van der Waals surface area contributed by atoms with Gasteiger partial charge in [-0.2, -0.15) is 5.26 Å². The van der Waals surface area contributed by atoms with E-state index in [4.69, 9.17) is 14.4 Å². The first-order valence-electron chi connectivity index (χ1n) is 4.13. The van der Waals surface area contributed by atoms with Crippen LogP contribution < -0.4 is 0 Å². The van der Waals surface area contributed by atoms with Gasteiger partial charge in [-0.05, 0) is 24.3 Å². The maximum Gasteiger partial charge on any atom is 0.148 e. The Kier molecular flexibility index (Phi) is 2.21. The van der Waals surface area contributed by atoms with Gasteiger partial charge < -0.3 is 9.15 Å². The molecular formula is C11H8NO2. The van der Waals surface area contributed by atoms with Crippen molar-refractivity contribution in [3.8, 4) is 6.07 Å². The Hall–Kier alpha value is -1.79. The summed E-state index contributed by atoms with van der Waals surface area (Å²) in [6, 6.07) is 9.24. The minimum Gasteiger partial charge on any atom is -0.458 e. The van der Waals surface area contributed by atoms with Crippen molar-refractivity contribution in [2.75, 3.05) is 7.11 Å². The van der Waals surface area contributed by atoms with Crippen molar-refractivity contribution in [2.24, 2.45) is 0 Å². The van der Waals surface area contributed by atoms with E-state index in [1.54, 1.807) is 19.2 Å². The van der Waals surface area contributed by atoms with E-state index in [2.05, 4.69) is 6.07 Å². The van der Waals surface area contributed by atoms with Crippen LogP contribution in [0.4, 0.5) is 0 Å². The fourth-order valence-corrected chi connectivity index (χ4v) is 1.30. The number of hydrogen-bond donors (Lipinski definition) is 0. The summed E-state index contributed by atoms with van der Waals surface area (Å²) in [5.41, 5.74) is 1.29. The molecule has 0 aliphatic rings. The van der Waals surface area contributed by atoms with Gasteiger partial charge in [-0.1, -0.05) is 0 Å². The molecule has 1 aromatic heterocycles. The van der Waals surface area contributed by atoms with E-state index in [1.165, 1.54) is 6.61 Å². The first-order valence-corrected chi connectivity index (χ1v) is 4.13. The molecule has 1 radical (unpaired) electrons. The molecule has 0 aliphatic carbocycles. The van der Waals surface area contributed by atoms with Crippen LogP contribution in [0.25, 0.3) is 11.0 Å². The smallest absolute Gasteiger partial charge is 0.148 e. The number of rotatable bonds is 2. The van der Waals surface area contributed by atoms with Crippen LogP contribution in [-0.4, -0.2) is 7.11 Å². The Labute approximate surface area is 81.5 Å². The third-order valence-electron chi connectivity index (χ3n) is 1.90. The Morgan fingerprint density at radius 1 is 1.43 bits per heavy atom. The van der Waals surface area contributed by atoms with Gasteiger partial charge in [-0.3, -0.25) is 0 Å². The van der Waals surface area contributed by atoms with Crippen molar-refractivity contribution >= 4 is 11.0 Å². The van der Waals surface area contributed by atoms with E-state index >= 15 is 0 Å². The molecule has 1 aromatic carbocycles. The zero-order valence-electron chi connectivity index (χ0n) is 7.65. The summed E-state index contributed by atoms with van der Waals surface area (Å²) in [4.78, 5) is 0. The van der Waals surface area contributed by atoms with Gasteiger partial charge >= 0.3 is 0 Å². The highest BCUT2D eigenvalue weighted by atomic mass is 16.5. The summed E-state index contributed by atoms with van der Waals surface area (Å²) in [6.07, 6.45) is 0. The maximum atomic E-state index is 8.68. The van der Waals surface area contributed by atoms with Gasteiger partial charge in [-0.25, -0.2) is 0 Å². The van der Waals surface area contributed by atoms with Crippen LogP contribution in [0, 0.1) is 17.9 Å². The van der Waals surface area contributed by atoms with Crippen molar-refractivity contribution in [3.05, 3.63) is 42.2 Å². The second-order valence-corrected chi connectivity index (χ2v) is 2.87. The fourth-order valence-electron chi connectivity index (χ4n) is 1.30. The molecular weight excluding hydrogens is 178 g/mol. The summed E-state index contributed by atoms with van der Waals surface area (Å²) >= 11 is 0. The summed E-state index contributed by atoms with van der Waals surface area (Å²) in [7, 11) is 1.56. The van der Waals surface area contributed by atoms with Crippen molar-refractivity contribution in [1.29, 1.82) is 5.26 Å². The summed E-state index contributed by atoms with van der Waals surface area (Å²) in [6.45, 7) is 1.52. The molecule has 14 heavy (non-hydrogen) atoms. The summed E-state index contributed by atoms with van der Waals surface area (Å²) in [5, 5.41) is 9.65. The lowest BCUT2D eigenvalue weighted by molar-refractivity contribution is 0.275. The molecule has 0 atom stereocenters. The molecule has 0 aliphatic heterocycles. The van der Waals surface area contributed by atoms with E-state index in [9.17, 15) is 0 Å². The number of benzene rings is 1. The molecule has 69 valence electrons. The van der Waals surface area contributed by atoms with Gasteiger partial charge in [0.15, 0.2) is 0 Å². The average molecular weight is 186 g/mol. The van der Waals surface area contributed by atoms with Crippen LogP contribution in [0.5, 0.6) is 0 Å². The predicted octanol–water partition coefficient (Wildman–Crippen LogP) is 2.46. The minimum absolute atomic E-state index is 0.593. The Morgan fingerprint density at radius 3 is 3.00 bits per heavy atom. The van der Waals surface area contributed by atoms with Crippen molar-refractivity contribution in [1.82, 2.24) is 0 Å². The number of fused-ring (bicyclic) bond motifs is 1. The lowest BCUT2D eigenvalue weighted by Gasteiger charge is -1.89. The summed E-state index contributed by atoms with van der Waals surface area (Å²) in [5.74, 6) is 0.651. The third kappa shape index (κ3) is 1.48. The first kappa shape index (κ1) is 8.79. The van der Waals surface area contributed by atoms with Crippen molar-refractivity contribution in [2.45, 2.75) is 0 Å². The standard InChI is InChI=1S/C11H8NO2/c1-13-7-10-5-9-3-2-8(6-12)4-11(9)14-10/h2-5,7H,1H3. The van der Waals surface area contributed by atoms with Crippen LogP contribution in [0.2, 0.25) is 0 Å². The quantitative estimate of drug-likeness (QED) is 0.723. The van der Waals surface area contributed by atoms with Crippen LogP contribution in [0.1, 0.15) is 11.3 Å². The maximum absolute atomic E-state index is 8.68. The zero-order valence-corrected chi connectivity index (χ0v) is 7.65. The number of methoxy groups -OCH3 is 1. The van der Waals surface area contributed by atoms with E-state index in [0.717, 1.165) is 5.39 Å². The molecule has 0 N–H and O–H groups in total. The Bertz CT molecular complexity index is 493. The summed E-state index contributed by atoms with van der Waals surface area (Å²) < 4.78 is 10.2. The van der Waals surface area contributed by atoms with Crippen molar-refractivity contribution < 1.29 is 9.15 Å². The molecule has 1 heterocycles. The molecule has 0 fully saturated rings. The number of furan rings is 1. The second kappa shape index (κ2) is 3.52. The molecule has 0 spiro atoms.